The third-order valence-corrected chi connectivity index (χ3v) is 3.00. The van der Waals surface area contributed by atoms with Crippen LogP contribution in [0.15, 0.2) is 34.8 Å². The van der Waals surface area contributed by atoms with Gasteiger partial charge in [-0.05, 0) is 52.7 Å². The summed E-state index contributed by atoms with van der Waals surface area (Å²) in [5.41, 5.74) is 1.84. The maximum absolute atomic E-state index is 13.3. The Balaban J connectivity index is 2.34. The molecule has 0 spiro atoms. The summed E-state index contributed by atoms with van der Waals surface area (Å²) in [7, 11) is 0. The SMILES string of the molecule is Cc1cc(F)c(Br)cc1Nc1cccc(C#N)n1. The molecule has 5 heteroatoms. The molecular weight excluding hydrogens is 297 g/mol. The molecule has 0 atom stereocenters. The van der Waals surface area contributed by atoms with E-state index < -0.39 is 0 Å². The molecule has 0 aliphatic heterocycles. The van der Waals surface area contributed by atoms with Crippen LogP contribution in [0.4, 0.5) is 15.9 Å². The van der Waals surface area contributed by atoms with Crippen LogP contribution in [0.3, 0.4) is 0 Å². The molecule has 0 saturated heterocycles. The van der Waals surface area contributed by atoms with Crippen LogP contribution in [0, 0.1) is 24.1 Å². The number of pyridine rings is 1. The van der Waals surface area contributed by atoms with Gasteiger partial charge in [0.1, 0.15) is 23.4 Å². The molecule has 1 N–H and O–H groups in total. The first-order valence-corrected chi connectivity index (χ1v) is 5.99. The minimum absolute atomic E-state index is 0.309. The number of rotatable bonds is 2. The number of halogens is 2. The summed E-state index contributed by atoms with van der Waals surface area (Å²) < 4.78 is 13.7. The second kappa shape index (κ2) is 5.15. The number of hydrogen-bond donors (Lipinski definition) is 1. The topological polar surface area (TPSA) is 48.7 Å². The van der Waals surface area contributed by atoms with Crippen LogP contribution in [-0.2, 0) is 0 Å². The van der Waals surface area contributed by atoms with Gasteiger partial charge in [0.2, 0.25) is 0 Å². The van der Waals surface area contributed by atoms with E-state index in [4.69, 9.17) is 5.26 Å². The molecule has 1 heterocycles. The maximum atomic E-state index is 13.3. The number of nitrogens with zero attached hydrogens (tertiary/aromatic N) is 2. The van der Waals surface area contributed by atoms with E-state index in [1.807, 2.05) is 6.07 Å². The summed E-state index contributed by atoms with van der Waals surface area (Å²) >= 11 is 3.13. The summed E-state index contributed by atoms with van der Waals surface area (Å²) in [5, 5.41) is 11.8. The Morgan fingerprint density at radius 2 is 2.17 bits per heavy atom. The third kappa shape index (κ3) is 2.66. The van der Waals surface area contributed by atoms with Gasteiger partial charge >= 0.3 is 0 Å². The van der Waals surface area contributed by atoms with Crippen molar-refractivity contribution in [3.05, 3.63) is 51.9 Å². The fraction of sp³-hybridized carbons (Fsp3) is 0.0769. The fourth-order valence-electron chi connectivity index (χ4n) is 1.49. The van der Waals surface area contributed by atoms with Gasteiger partial charge in [-0.2, -0.15) is 5.26 Å². The lowest BCUT2D eigenvalue weighted by Gasteiger charge is -2.10. The highest BCUT2D eigenvalue weighted by atomic mass is 79.9. The van der Waals surface area contributed by atoms with E-state index in [1.54, 1.807) is 31.2 Å². The van der Waals surface area contributed by atoms with Crippen molar-refractivity contribution in [2.45, 2.75) is 6.92 Å². The van der Waals surface area contributed by atoms with Gasteiger partial charge < -0.3 is 5.32 Å². The molecule has 0 unspecified atom stereocenters. The van der Waals surface area contributed by atoms with Gasteiger partial charge in [-0.3, -0.25) is 0 Å². The van der Waals surface area contributed by atoms with E-state index in [0.29, 0.717) is 16.0 Å². The highest BCUT2D eigenvalue weighted by Gasteiger charge is 2.06. The fourth-order valence-corrected chi connectivity index (χ4v) is 1.83. The number of aryl methyl sites for hydroxylation is 1. The number of nitriles is 1. The number of nitrogens with one attached hydrogen (secondary N) is 1. The summed E-state index contributed by atoms with van der Waals surface area (Å²) in [6.07, 6.45) is 0. The molecule has 1 aromatic carbocycles. The molecule has 2 rings (SSSR count). The molecule has 90 valence electrons. The number of anilines is 2. The Labute approximate surface area is 112 Å². The Kier molecular flexibility index (Phi) is 3.58. The van der Waals surface area contributed by atoms with E-state index >= 15 is 0 Å². The molecule has 3 nitrogen and oxygen atoms in total. The van der Waals surface area contributed by atoms with Crippen molar-refractivity contribution in [2.75, 3.05) is 5.32 Å². The smallest absolute Gasteiger partial charge is 0.142 e. The van der Waals surface area contributed by atoms with E-state index in [-0.39, 0.29) is 5.82 Å². The average molecular weight is 306 g/mol. The summed E-state index contributed by atoms with van der Waals surface area (Å²) in [5.74, 6) is 0.243. The predicted molar refractivity (Wildman–Crippen MR) is 71.1 cm³/mol. The zero-order valence-corrected chi connectivity index (χ0v) is 11.1. The zero-order chi connectivity index (χ0) is 13.1. The van der Waals surface area contributed by atoms with Gasteiger partial charge in [-0.15, -0.1) is 0 Å². The van der Waals surface area contributed by atoms with E-state index in [1.165, 1.54) is 6.07 Å². The van der Waals surface area contributed by atoms with Crippen LogP contribution < -0.4 is 5.32 Å². The van der Waals surface area contributed by atoms with Crippen molar-refractivity contribution < 1.29 is 4.39 Å². The standard InChI is InChI=1S/C13H9BrFN3/c1-8-5-11(15)10(14)6-12(8)18-13-4-2-3-9(7-16)17-13/h2-6H,1H3,(H,17,18). The normalized spacial score (nSPS) is 9.89. The van der Waals surface area contributed by atoms with Crippen LogP contribution in [0.2, 0.25) is 0 Å². The van der Waals surface area contributed by atoms with Crippen LogP contribution in [0.1, 0.15) is 11.3 Å². The molecule has 0 aliphatic rings. The number of aromatic nitrogens is 1. The number of benzene rings is 1. The Morgan fingerprint density at radius 1 is 1.39 bits per heavy atom. The van der Waals surface area contributed by atoms with Crippen LogP contribution in [0.25, 0.3) is 0 Å². The van der Waals surface area contributed by atoms with Gasteiger partial charge in [0.05, 0.1) is 4.47 Å². The molecule has 0 fully saturated rings. The van der Waals surface area contributed by atoms with Crippen molar-refractivity contribution in [1.29, 1.82) is 5.26 Å². The summed E-state index contributed by atoms with van der Waals surface area (Å²) in [6, 6.07) is 10.2. The van der Waals surface area contributed by atoms with E-state index in [0.717, 1.165) is 11.3 Å². The van der Waals surface area contributed by atoms with Gasteiger partial charge in [0.25, 0.3) is 0 Å². The van der Waals surface area contributed by atoms with Crippen LogP contribution in [0.5, 0.6) is 0 Å². The zero-order valence-electron chi connectivity index (χ0n) is 9.54. The second-order valence-corrected chi connectivity index (χ2v) is 4.58. The molecule has 0 aliphatic carbocycles. The van der Waals surface area contributed by atoms with Crippen molar-refractivity contribution in [3.63, 3.8) is 0 Å². The molecule has 0 bridgehead atoms. The molecular formula is C13H9BrFN3. The van der Waals surface area contributed by atoms with Crippen molar-refractivity contribution in [1.82, 2.24) is 4.98 Å². The molecule has 18 heavy (non-hydrogen) atoms. The minimum atomic E-state index is -0.309. The third-order valence-electron chi connectivity index (χ3n) is 2.39. The maximum Gasteiger partial charge on any atom is 0.142 e. The molecule has 0 amide bonds. The van der Waals surface area contributed by atoms with E-state index in [2.05, 4.69) is 26.2 Å². The Bertz CT molecular complexity index is 635. The second-order valence-electron chi connectivity index (χ2n) is 3.73. The first-order chi connectivity index (χ1) is 8.60. The van der Waals surface area contributed by atoms with Crippen molar-refractivity contribution in [2.24, 2.45) is 0 Å². The lowest BCUT2D eigenvalue weighted by atomic mass is 10.2. The van der Waals surface area contributed by atoms with Crippen molar-refractivity contribution >= 4 is 27.4 Å². The highest BCUT2D eigenvalue weighted by Crippen LogP contribution is 2.26. The van der Waals surface area contributed by atoms with Crippen LogP contribution >= 0.6 is 15.9 Å². The predicted octanol–water partition coefficient (Wildman–Crippen LogP) is 3.91. The molecule has 0 saturated carbocycles. The highest BCUT2D eigenvalue weighted by molar-refractivity contribution is 9.10. The minimum Gasteiger partial charge on any atom is -0.340 e. The van der Waals surface area contributed by atoms with E-state index in [9.17, 15) is 4.39 Å². The first-order valence-electron chi connectivity index (χ1n) is 5.20. The number of hydrogen-bond acceptors (Lipinski definition) is 3. The average Bonchev–Trinajstić information content (AvgIpc) is 2.36. The van der Waals surface area contributed by atoms with Gasteiger partial charge in [0.15, 0.2) is 0 Å². The lowest BCUT2D eigenvalue weighted by molar-refractivity contribution is 0.620. The monoisotopic (exact) mass is 305 g/mol. The summed E-state index contributed by atoms with van der Waals surface area (Å²) in [6.45, 7) is 1.80. The Morgan fingerprint density at radius 3 is 2.89 bits per heavy atom. The molecule has 0 radical (unpaired) electrons. The van der Waals surface area contributed by atoms with Gasteiger partial charge in [0, 0.05) is 5.69 Å². The van der Waals surface area contributed by atoms with Gasteiger partial charge in [-0.25, -0.2) is 9.37 Å². The Hall–Kier alpha value is -1.93. The van der Waals surface area contributed by atoms with Gasteiger partial charge in [-0.1, -0.05) is 6.07 Å². The summed E-state index contributed by atoms with van der Waals surface area (Å²) in [4.78, 5) is 4.10. The lowest BCUT2D eigenvalue weighted by Crippen LogP contribution is -1.97. The van der Waals surface area contributed by atoms with Crippen LogP contribution in [-0.4, -0.2) is 4.98 Å². The first kappa shape index (κ1) is 12.5. The largest absolute Gasteiger partial charge is 0.340 e. The van der Waals surface area contributed by atoms with Crippen molar-refractivity contribution in [3.8, 4) is 6.07 Å². The quantitative estimate of drug-likeness (QED) is 0.915. The molecule has 1 aromatic heterocycles. The molecule has 2 aromatic rings.